The summed E-state index contributed by atoms with van der Waals surface area (Å²) in [6.45, 7) is -0.380. The second-order valence-corrected chi connectivity index (χ2v) is 7.36. The lowest BCUT2D eigenvalue weighted by Gasteiger charge is -2.27. The van der Waals surface area contributed by atoms with Crippen LogP contribution < -0.4 is 0 Å². The molecule has 1 N–H and O–H groups in total. The van der Waals surface area contributed by atoms with Gasteiger partial charge in [0.05, 0.1) is 29.9 Å². The van der Waals surface area contributed by atoms with E-state index in [2.05, 4.69) is 4.98 Å². The number of aliphatic hydroxyl groups excluding tert-OH is 1. The molecule has 6 nitrogen and oxygen atoms in total. The van der Waals surface area contributed by atoms with Gasteiger partial charge < -0.3 is 10.0 Å². The van der Waals surface area contributed by atoms with Crippen molar-refractivity contribution < 1.29 is 22.7 Å². The molecule has 1 fully saturated rings. The maximum absolute atomic E-state index is 13.2. The van der Waals surface area contributed by atoms with Gasteiger partial charge in [-0.15, -0.1) is 0 Å². The van der Waals surface area contributed by atoms with Gasteiger partial charge in [0.25, 0.3) is 5.91 Å². The van der Waals surface area contributed by atoms with E-state index in [0.717, 1.165) is 12.3 Å². The first kappa shape index (κ1) is 16.1. The molecule has 9 heteroatoms. The first-order valence-corrected chi connectivity index (χ1v) is 8.47. The van der Waals surface area contributed by atoms with Crippen LogP contribution in [0.2, 0.25) is 5.15 Å². The molecule has 1 aromatic heterocycles. The van der Waals surface area contributed by atoms with Crippen molar-refractivity contribution >= 4 is 27.3 Å². The largest absolute Gasteiger partial charge is 0.395 e. The smallest absolute Gasteiger partial charge is 0.257 e. The number of pyridine rings is 1. The molecule has 1 saturated heterocycles. The van der Waals surface area contributed by atoms with Gasteiger partial charge in [-0.25, -0.2) is 17.8 Å². The monoisotopic (exact) mass is 336 g/mol. The first-order valence-electron chi connectivity index (χ1n) is 6.27. The average molecular weight is 337 g/mol. The quantitative estimate of drug-likeness (QED) is 0.809. The normalized spacial score (nSPS) is 20.4. The number of aromatic nitrogens is 1. The van der Waals surface area contributed by atoms with Crippen molar-refractivity contribution in [1.82, 2.24) is 9.88 Å². The third-order valence-electron chi connectivity index (χ3n) is 3.29. The van der Waals surface area contributed by atoms with E-state index < -0.39 is 27.6 Å². The van der Waals surface area contributed by atoms with Gasteiger partial charge in [0.15, 0.2) is 9.84 Å². The van der Waals surface area contributed by atoms with Crippen molar-refractivity contribution in [2.24, 2.45) is 0 Å². The summed E-state index contributed by atoms with van der Waals surface area (Å²) in [5.41, 5.74) is -0.144. The van der Waals surface area contributed by atoms with Gasteiger partial charge in [0, 0.05) is 12.6 Å². The molecular formula is C12H14ClFN2O4S. The maximum atomic E-state index is 13.2. The predicted molar refractivity (Wildman–Crippen MR) is 74.4 cm³/mol. The Morgan fingerprint density at radius 3 is 2.86 bits per heavy atom. The lowest BCUT2D eigenvalue weighted by molar-refractivity contribution is 0.0654. The number of sulfone groups is 1. The number of nitrogens with zero attached hydrogens (tertiary/aromatic N) is 2. The highest BCUT2D eigenvalue weighted by Crippen LogP contribution is 2.22. The third kappa shape index (κ3) is 3.69. The van der Waals surface area contributed by atoms with Crippen LogP contribution in [-0.2, 0) is 9.84 Å². The molecule has 1 atom stereocenters. The zero-order chi connectivity index (χ0) is 15.6. The highest BCUT2D eigenvalue weighted by Gasteiger charge is 2.35. The molecular weight excluding hydrogens is 323 g/mol. The van der Waals surface area contributed by atoms with Crippen molar-refractivity contribution in [1.29, 1.82) is 0 Å². The molecule has 0 spiro atoms. The van der Waals surface area contributed by atoms with E-state index in [1.54, 1.807) is 0 Å². The molecule has 0 bridgehead atoms. The molecule has 1 unspecified atom stereocenters. The SMILES string of the molecule is O=C(c1cc(F)cnc1Cl)N(CCO)C1CCS(=O)(=O)C1. The second-order valence-electron chi connectivity index (χ2n) is 4.77. The zero-order valence-corrected chi connectivity index (χ0v) is 12.6. The number of rotatable bonds is 4. The molecule has 0 aromatic carbocycles. The first-order chi connectivity index (χ1) is 9.84. The van der Waals surface area contributed by atoms with E-state index in [-0.39, 0.29) is 41.8 Å². The Labute approximate surface area is 126 Å². The zero-order valence-electron chi connectivity index (χ0n) is 11.0. The number of amides is 1. The fourth-order valence-electron chi connectivity index (χ4n) is 2.31. The summed E-state index contributed by atoms with van der Waals surface area (Å²) >= 11 is 5.79. The van der Waals surface area contributed by atoms with Gasteiger partial charge in [-0.1, -0.05) is 11.6 Å². The summed E-state index contributed by atoms with van der Waals surface area (Å²) in [6, 6.07) is 0.403. The summed E-state index contributed by atoms with van der Waals surface area (Å²) < 4.78 is 36.3. The van der Waals surface area contributed by atoms with Crippen LogP contribution in [0.15, 0.2) is 12.3 Å². The van der Waals surface area contributed by atoms with Crippen LogP contribution in [0, 0.1) is 5.82 Å². The minimum Gasteiger partial charge on any atom is -0.395 e. The molecule has 0 radical (unpaired) electrons. The van der Waals surface area contributed by atoms with Gasteiger partial charge in [-0.3, -0.25) is 4.79 Å². The number of aliphatic hydroxyl groups is 1. The van der Waals surface area contributed by atoms with Gasteiger partial charge in [-0.2, -0.15) is 0 Å². The van der Waals surface area contributed by atoms with Crippen LogP contribution in [0.5, 0.6) is 0 Å². The summed E-state index contributed by atoms with van der Waals surface area (Å²) in [5.74, 6) is -1.53. The van der Waals surface area contributed by atoms with Crippen LogP contribution in [0.1, 0.15) is 16.8 Å². The fraction of sp³-hybridized carbons (Fsp3) is 0.500. The summed E-state index contributed by atoms with van der Waals surface area (Å²) in [6.07, 6.45) is 1.17. The Morgan fingerprint density at radius 2 is 2.29 bits per heavy atom. The van der Waals surface area contributed by atoms with Crippen LogP contribution >= 0.6 is 11.6 Å². The van der Waals surface area contributed by atoms with Gasteiger partial charge in [0.2, 0.25) is 0 Å². The molecule has 0 saturated carbocycles. The highest BCUT2D eigenvalue weighted by atomic mass is 35.5. The topological polar surface area (TPSA) is 87.6 Å². The molecule has 1 aliphatic rings. The minimum atomic E-state index is -3.19. The fourth-order valence-corrected chi connectivity index (χ4v) is 4.22. The Morgan fingerprint density at radius 1 is 1.57 bits per heavy atom. The number of hydrogen-bond donors (Lipinski definition) is 1. The number of hydrogen-bond acceptors (Lipinski definition) is 5. The van der Waals surface area contributed by atoms with Crippen LogP contribution in [0.4, 0.5) is 4.39 Å². The molecule has 1 aromatic rings. The Bertz CT molecular complexity index is 653. The Hall–Kier alpha value is -1.25. The van der Waals surface area contributed by atoms with E-state index in [1.165, 1.54) is 4.90 Å². The molecule has 21 heavy (non-hydrogen) atoms. The van der Waals surface area contributed by atoms with E-state index in [4.69, 9.17) is 16.7 Å². The van der Waals surface area contributed by atoms with Crippen molar-refractivity contribution in [3.05, 3.63) is 28.8 Å². The van der Waals surface area contributed by atoms with Crippen LogP contribution in [0.3, 0.4) is 0 Å². The number of carbonyl (C=O) groups excluding carboxylic acids is 1. The third-order valence-corrected chi connectivity index (χ3v) is 5.34. The number of halogens is 2. The van der Waals surface area contributed by atoms with Crippen molar-refractivity contribution in [2.45, 2.75) is 12.5 Å². The lowest BCUT2D eigenvalue weighted by atomic mass is 10.1. The standard InChI is InChI=1S/C12H14ClFN2O4S/c13-11-10(5-8(14)6-15-11)12(18)16(2-3-17)9-1-4-21(19,20)7-9/h5-6,9,17H,1-4,7H2. The molecule has 2 rings (SSSR count). The van der Waals surface area contributed by atoms with Gasteiger partial charge >= 0.3 is 0 Å². The predicted octanol–water partition coefficient (Wildman–Crippen LogP) is 0.496. The van der Waals surface area contributed by atoms with Crippen molar-refractivity contribution in [3.63, 3.8) is 0 Å². The second kappa shape index (κ2) is 6.25. The van der Waals surface area contributed by atoms with Crippen LogP contribution in [0.25, 0.3) is 0 Å². The lowest BCUT2D eigenvalue weighted by Crippen LogP contribution is -2.43. The molecule has 1 aliphatic heterocycles. The molecule has 2 heterocycles. The Balaban J connectivity index is 2.30. The minimum absolute atomic E-state index is 0.0119. The molecule has 0 aliphatic carbocycles. The Kier molecular flexibility index (Phi) is 4.80. The van der Waals surface area contributed by atoms with E-state index in [0.29, 0.717) is 0 Å². The van der Waals surface area contributed by atoms with E-state index in [1.807, 2.05) is 0 Å². The summed E-state index contributed by atoms with van der Waals surface area (Å²) in [4.78, 5) is 17.2. The highest BCUT2D eigenvalue weighted by molar-refractivity contribution is 7.91. The van der Waals surface area contributed by atoms with Crippen molar-refractivity contribution in [3.8, 4) is 0 Å². The van der Waals surface area contributed by atoms with E-state index >= 15 is 0 Å². The van der Waals surface area contributed by atoms with Gasteiger partial charge in [-0.05, 0) is 12.5 Å². The van der Waals surface area contributed by atoms with Crippen LogP contribution in [-0.4, -0.2) is 60.0 Å². The van der Waals surface area contributed by atoms with E-state index in [9.17, 15) is 17.6 Å². The van der Waals surface area contributed by atoms with Gasteiger partial charge in [0.1, 0.15) is 11.0 Å². The summed E-state index contributed by atoms with van der Waals surface area (Å²) in [7, 11) is -3.19. The summed E-state index contributed by atoms with van der Waals surface area (Å²) in [5, 5.41) is 8.92. The number of carbonyl (C=O) groups is 1. The maximum Gasteiger partial charge on any atom is 0.257 e. The van der Waals surface area contributed by atoms with Crippen molar-refractivity contribution in [2.75, 3.05) is 24.7 Å². The average Bonchev–Trinajstić information content (AvgIpc) is 2.78. The molecule has 116 valence electrons. The molecule has 1 amide bonds.